The topological polar surface area (TPSA) is 75.3 Å². The molecule has 7 nitrogen and oxygen atoms in total. The van der Waals surface area contributed by atoms with Crippen molar-refractivity contribution in [1.82, 2.24) is 5.32 Å². The Balaban J connectivity index is 1.28. The maximum absolute atomic E-state index is 12.8. The fourth-order valence-corrected chi connectivity index (χ4v) is 4.84. The van der Waals surface area contributed by atoms with Crippen molar-refractivity contribution in [2.75, 3.05) is 6.61 Å². The van der Waals surface area contributed by atoms with Gasteiger partial charge >= 0.3 is 6.09 Å². The van der Waals surface area contributed by atoms with Crippen LogP contribution in [-0.4, -0.2) is 37.2 Å². The van der Waals surface area contributed by atoms with Gasteiger partial charge in [0, 0.05) is 6.42 Å². The quantitative estimate of drug-likeness (QED) is 0.201. The van der Waals surface area contributed by atoms with Crippen molar-refractivity contribution in [3.05, 3.63) is 144 Å². The van der Waals surface area contributed by atoms with Gasteiger partial charge in [0.1, 0.15) is 25.0 Å². The Morgan fingerprint density at radius 1 is 0.643 bits per heavy atom. The van der Waals surface area contributed by atoms with Crippen LogP contribution in [0, 0.1) is 0 Å². The summed E-state index contributed by atoms with van der Waals surface area (Å²) >= 11 is 0. The summed E-state index contributed by atoms with van der Waals surface area (Å²) in [7, 11) is 0. The average Bonchev–Trinajstić information content (AvgIpc) is 3.04. The molecule has 0 spiro atoms. The van der Waals surface area contributed by atoms with Gasteiger partial charge in [0.2, 0.25) is 0 Å². The summed E-state index contributed by atoms with van der Waals surface area (Å²) in [5.41, 5.74) is 4.07. The van der Waals surface area contributed by atoms with E-state index in [2.05, 4.69) is 5.32 Å². The Kier molecular flexibility index (Phi) is 11.1. The van der Waals surface area contributed by atoms with Gasteiger partial charge in [-0.05, 0) is 22.3 Å². The molecule has 1 heterocycles. The highest BCUT2D eigenvalue weighted by molar-refractivity contribution is 5.67. The van der Waals surface area contributed by atoms with E-state index in [0.29, 0.717) is 26.2 Å². The van der Waals surface area contributed by atoms with Crippen LogP contribution in [0.25, 0.3) is 0 Å². The van der Waals surface area contributed by atoms with Crippen LogP contribution in [0.4, 0.5) is 4.79 Å². The molecule has 1 amide bonds. The number of rotatable bonds is 13. The number of amides is 1. The SMILES string of the molecule is O=C(NC1C[C@@H](OCc2ccccc2)[C@H](OCc2ccccc2)[C@@H](COCc2ccccc2)O1)OCc1ccccc1. The Morgan fingerprint density at radius 3 is 1.67 bits per heavy atom. The van der Waals surface area contributed by atoms with Crippen LogP contribution in [0.1, 0.15) is 28.7 Å². The second kappa shape index (κ2) is 15.8. The van der Waals surface area contributed by atoms with Crippen LogP contribution in [0.5, 0.6) is 0 Å². The van der Waals surface area contributed by atoms with E-state index in [4.69, 9.17) is 23.7 Å². The normalized spacial score (nSPS) is 20.1. The number of nitrogens with one attached hydrogen (secondary N) is 1. The molecule has 0 saturated carbocycles. The van der Waals surface area contributed by atoms with Crippen LogP contribution in [0.2, 0.25) is 0 Å². The summed E-state index contributed by atoms with van der Waals surface area (Å²) in [6, 6.07) is 39.5. The second-order valence-corrected chi connectivity index (χ2v) is 10.2. The van der Waals surface area contributed by atoms with E-state index >= 15 is 0 Å². The summed E-state index contributed by atoms with van der Waals surface area (Å²) in [5, 5.41) is 2.88. The lowest BCUT2D eigenvalue weighted by atomic mass is 10.00. The molecule has 1 fully saturated rings. The van der Waals surface area contributed by atoms with Gasteiger partial charge in [-0.3, -0.25) is 5.32 Å². The zero-order valence-corrected chi connectivity index (χ0v) is 23.5. The van der Waals surface area contributed by atoms with Gasteiger partial charge in [0.25, 0.3) is 0 Å². The number of benzene rings is 4. The number of carbonyl (C=O) groups is 1. The predicted octanol–water partition coefficient (Wildman–Crippen LogP) is 6.42. The Bertz CT molecular complexity index is 1320. The highest BCUT2D eigenvalue weighted by Gasteiger charge is 2.41. The van der Waals surface area contributed by atoms with E-state index in [1.54, 1.807) is 0 Å². The number of hydrogen-bond acceptors (Lipinski definition) is 6. The predicted molar refractivity (Wildman–Crippen MR) is 159 cm³/mol. The molecule has 1 aliphatic heterocycles. The van der Waals surface area contributed by atoms with E-state index in [9.17, 15) is 4.79 Å². The molecule has 1 unspecified atom stereocenters. The molecule has 1 aliphatic rings. The van der Waals surface area contributed by atoms with Gasteiger partial charge in [-0.15, -0.1) is 0 Å². The lowest BCUT2D eigenvalue weighted by Crippen LogP contribution is -2.56. The van der Waals surface area contributed by atoms with Gasteiger partial charge in [-0.2, -0.15) is 0 Å². The smallest absolute Gasteiger partial charge is 0.409 e. The molecule has 42 heavy (non-hydrogen) atoms. The average molecular weight is 568 g/mol. The second-order valence-electron chi connectivity index (χ2n) is 10.2. The van der Waals surface area contributed by atoms with Crippen LogP contribution in [0.3, 0.4) is 0 Å². The Hall–Kier alpha value is -4.01. The third kappa shape index (κ3) is 9.26. The first-order valence-corrected chi connectivity index (χ1v) is 14.3. The maximum Gasteiger partial charge on any atom is 0.409 e. The van der Waals surface area contributed by atoms with Gasteiger partial charge in [0.05, 0.1) is 32.5 Å². The van der Waals surface area contributed by atoms with Crippen molar-refractivity contribution >= 4 is 6.09 Å². The molecule has 0 aromatic heterocycles. The number of ether oxygens (including phenoxy) is 5. The standard InChI is InChI=1S/C35H37NO6/c37-35(41-25-30-19-11-4-12-20-30)36-33-21-31(39-23-28-15-7-2-8-16-28)34(40-24-29-17-9-3-10-18-29)32(42-33)26-38-22-27-13-5-1-6-14-27/h1-20,31-34H,21-26H2,(H,36,37)/t31-,32-,33?,34+/m1/s1. The summed E-state index contributed by atoms with van der Waals surface area (Å²) < 4.78 is 30.9. The summed E-state index contributed by atoms with van der Waals surface area (Å²) in [6.45, 7) is 1.65. The molecular formula is C35H37NO6. The van der Waals surface area contributed by atoms with E-state index in [1.807, 2.05) is 121 Å². The van der Waals surface area contributed by atoms with Crippen LogP contribution >= 0.6 is 0 Å². The lowest BCUT2D eigenvalue weighted by Gasteiger charge is -2.41. The molecule has 4 aromatic carbocycles. The van der Waals surface area contributed by atoms with E-state index < -0.39 is 24.5 Å². The molecule has 1 N–H and O–H groups in total. The molecule has 5 rings (SSSR count). The van der Waals surface area contributed by atoms with Crippen molar-refractivity contribution in [2.45, 2.75) is 57.4 Å². The highest BCUT2D eigenvalue weighted by Crippen LogP contribution is 2.27. The fourth-order valence-electron chi connectivity index (χ4n) is 4.84. The first-order valence-electron chi connectivity index (χ1n) is 14.3. The fraction of sp³-hybridized carbons (Fsp3) is 0.286. The summed E-state index contributed by atoms with van der Waals surface area (Å²) in [4.78, 5) is 12.8. The van der Waals surface area contributed by atoms with Gasteiger partial charge in [0.15, 0.2) is 0 Å². The first-order chi connectivity index (χ1) is 20.7. The molecule has 4 aromatic rings. The molecule has 1 saturated heterocycles. The summed E-state index contributed by atoms with van der Waals surface area (Å²) in [6.07, 6.45) is -2.10. The third-order valence-electron chi connectivity index (χ3n) is 7.00. The van der Waals surface area contributed by atoms with E-state index in [0.717, 1.165) is 22.3 Å². The first kappa shape index (κ1) is 29.5. The van der Waals surface area contributed by atoms with Crippen molar-refractivity contribution in [1.29, 1.82) is 0 Å². The lowest BCUT2D eigenvalue weighted by molar-refractivity contribution is -0.224. The number of hydrogen-bond donors (Lipinski definition) is 1. The van der Waals surface area contributed by atoms with Crippen LogP contribution in [-0.2, 0) is 50.1 Å². The van der Waals surface area contributed by atoms with Gasteiger partial charge in [-0.1, -0.05) is 121 Å². The van der Waals surface area contributed by atoms with E-state index in [-0.39, 0.29) is 19.3 Å². The largest absolute Gasteiger partial charge is 0.445 e. The minimum Gasteiger partial charge on any atom is -0.445 e. The molecule has 0 radical (unpaired) electrons. The Morgan fingerprint density at radius 2 is 1.12 bits per heavy atom. The van der Waals surface area contributed by atoms with Crippen molar-refractivity contribution < 1.29 is 28.5 Å². The van der Waals surface area contributed by atoms with E-state index in [1.165, 1.54) is 0 Å². The number of alkyl carbamates (subject to hydrolysis) is 1. The molecule has 0 aliphatic carbocycles. The van der Waals surface area contributed by atoms with Crippen LogP contribution < -0.4 is 5.32 Å². The summed E-state index contributed by atoms with van der Waals surface area (Å²) in [5.74, 6) is 0. The minimum absolute atomic E-state index is 0.166. The van der Waals surface area contributed by atoms with Gasteiger partial charge < -0.3 is 23.7 Å². The molecule has 0 bridgehead atoms. The maximum atomic E-state index is 12.8. The molecular weight excluding hydrogens is 530 g/mol. The van der Waals surface area contributed by atoms with Gasteiger partial charge in [-0.25, -0.2) is 4.79 Å². The third-order valence-corrected chi connectivity index (χ3v) is 7.00. The van der Waals surface area contributed by atoms with Crippen molar-refractivity contribution in [2.24, 2.45) is 0 Å². The zero-order valence-electron chi connectivity index (χ0n) is 23.5. The minimum atomic E-state index is -0.643. The number of carbonyl (C=O) groups excluding carboxylic acids is 1. The van der Waals surface area contributed by atoms with Crippen LogP contribution in [0.15, 0.2) is 121 Å². The zero-order chi connectivity index (χ0) is 28.8. The molecule has 218 valence electrons. The Labute approximate surface area is 247 Å². The monoisotopic (exact) mass is 567 g/mol. The highest BCUT2D eigenvalue weighted by atomic mass is 16.6. The molecule has 4 atom stereocenters. The molecule has 7 heteroatoms. The van der Waals surface area contributed by atoms with Crippen molar-refractivity contribution in [3.63, 3.8) is 0 Å². The van der Waals surface area contributed by atoms with Crippen molar-refractivity contribution in [3.8, 4) is 0 Å².